The Morgan fingerprint density at radius 3 is 1.39 bits per heavy atom. The Morgan fingerprint density at radius 2 is 1.11 bits per heavy atom. The Morgan fingerprint density at radius 1 is 0.778 bits per heavy atom. The molecular formula is C9H12F6O3. The molecule has 0 aromatic rings. The molecule has 0 aliphatic carbocycles. The quantitative estimate of drug-likeness (QED) is 0.507. The summed E-state index contributed by atoms with van der Waals surface area (Å²) in [5.74, 6) is 0. The smallest absolute Gasteiger partial charge is 0.434 e. The van der Waals surface area contributed by atoms with Gasteiger partial charge in [-0.2, -0.15) is 0 Å². The van der Waals surface area contributed by atoms with Gasteiger partial charge in [0, 0.05) is 12.8 Å². The molecule has 0 aromatic heterocycles. The van der Waals surface area contributed by atoms with Gasteiger partial charge in [0.1, 0.15) is 0 Å². The van der Waals surface area contributed by atoms with Crippen molar-refractivity contribution in [3.05, 3.63) is 0 Å². The summed E-state index contributed by atoms with van der Waals surface area (Å²) in [5.41, 5.74) is 0. The zero-order valence-corrected chi connectivity index (χ0v) is 9.13. The van der Waals surface area contributed by atoms with Crippen LogP contribution in [0.2, 0.25) is 0 Å². The third-order valence-corrected chi connectivity index (χ3v) is 1.77. The van der Waals surface area contributed by atoms with Crippen molar-refractivity contribution in [3.63, 3.8) is 0 Å². The van der Waals surface area contributed by atoms with E-state index in [1.807, 2.05) is 0 Å². The molecule has 0 saturated heterocycles. The molecule has 0 spiro atoms. The number of carbonyl (C=O) groups is 1. The highest BCUT2D eigenvalue weighted by Gasteiger charge is 2.21. The summed E-state index contributed by atoms with van der Waals surface area (Å²) in [6.07, 6.45) is -14.0. The van der Waals surface area contributed by atoms with E-state index in [2.05, 4.69) is 9.47 Å². The van der Waals surface area contributed by atoms with Gasteiger partial charge in [0.25, 0.3) is 12.9 Å². The highest BCUT2D eigenvalue weighted by molar-refractivity contribution is 5.59. The molecule has 0 N–H and O–H groups in total. The fourth-order valence-corrected chi connectivity index (χ4v) is 0.803. The highest BCUT2D eigenvalue weighted by Crippen LogP contribution is 2.11. The minimum Gasteiger partial charge on any atom is -0.434 e. The second-order valence-corrected chi connectivity index (χ2v) is 3.23. The predicted molar refractivity (Wildman–Crippen MR) is 48.3 cm³/mol. The number of rotatable bonds is 8. The lowest BCUT2D eigenvalue weighted by atomic mass is 10.3. The second-order valence-electron chi connectivity index (χ2n) is 3.23. The lowest BCUT2D eigenvalue weighted by Crippen LogP contribution is -2.19. The van der Waals surface area contributed by atoms with E-state index in [1.165, 1.54) is 0 Å². The van der Waals surface area contributed by atoms with E-state index in [-0.39, 0.29) is 0 Å². The molecule has 0 heterocycles. The van der Waals surface area contributed by atoms with Gasteiger partial charge in [-0.1, -0.05) is 0 Å². The predicted octanol–water partition coefficient (Wildman–Crippen LogP) is 3.13. The van der Waals surface area contributed by atoms with Crippen molar-refractivity contribution >= 4 is 6.16 Å². The molecule has 0 saturated carbocycles. The first-order valence-corrected chi connectivity index (χ1v) is 4.98. The third kappa shape index (κ3) is 8.02. The minimum absolute atomic E-state index is 0.641. The maximum atomic E-state index is 12.3. The number of carbonyl (C=O) groups excluding carboxylic acids is 1. The molecule has 0 radical (unpaired) electrons. The van der Waals surface area contributed by atoms with Gasteiger partial charge in [0.2, 0.25) is 0 Å². The fourth-order valence-electron chi connectivity index (χ4n) is 0.803. The number of hydrogen-bond acceptors (Lipinski definition) is 3. The topological polar surface area (TPSA) is 35.5 Å². The Labute approximate surface area is 99.0 Å². The van der Waals surface area contributed by atoms with Crippen molar-refractivity contribution in [2.45, 2.75) is 38.0 Å². The van der Waals surface area contributed by atoms with Crippen LogP contribution in [0.25, 0.3) is 0 Å². The van der Waals surface area contributed by atoms with Crippen LogP contribution in [0.1, 0.15) is 12.8 Å². The average molecular weight is 282 g/mol. The highest BCUT2D eigenvalue weighted by atomic mass is 19.3. The molecule has 3 nitrogen and oxygen atoms in total. The summed E-state index contributed by atoms with van der Waals surface area (Å²) in [4.78, 5) is 10.7. The molecule has 0 aliphatic rings. The molecule has 108 valence electrons. The van der Waals surface area contributed by atoms with Crippen molar-refractivity contribution in [1.29, 1.82) is 0 Å². The molecule has 0 aliphatic heterocycles. The Kier molecular flexibility index (Phi) is 8.30. The van der Waals surface area contributed by atoms with Crippen LogP contribution >= 0.6 is 0 Å². The molecular weight excluding hydrogens is 270 g/mol. The van der Waals surface area contributed by atoms with Crippen molar-refractivity contribution in [3.8, 4) is 0 Å². The van der Waals surface area contributed by atoms with E-state index in [0.717, 1.165) is 0 Å². The number of halogens is 6. The van der Waals surface area contributed by atoms with Crippen LogP contribution in [-0.2, 0) is 9.47 Å². The van der Waals surface area contributed by atoms with Gasteiger partial charge in [0.05, 0.1) is 13.2 Å². The average Bonchev–Trinajstić information content (AvgIpc) is 2.28. The van der Waals surface area contributed by atoms with E-state index in [0.29, 0.717) is 0 Å². The van der Waals surface area contributed by atoms with Gasteiger partial charge in [-0.15, -0.1) is 0 Å². The Hall–Kier alpha value is -1.15. The fraction of sp³-hybridized carbons (Fsp3) is 0.889. The minimum atomic E-state index is -3.18. The van der Waals surface area contributed by atoms with Crippen LogP contribution in [-0.4, -0.2) is 44.6 Å². The van der Waals surface area contributed by atoms with Crippen molar-refractivity contribution < 1.29 is 40.6 Å². The summed E-state index contributed by atoms with van der Waals surface area (Å²) in [5, 5.41) is 0. The van der Waals surface area contributed by atoms with Gasteiger partial charge in [0.15, 0.2) is 12.3 Å². The number of ether oxygens (including phenoxy) is 2. The van der Waals surface area contributed by atoms with Crippen LogP contribution < -0.4 is 0 Å². The van der Waals surface area contributed by atoms with Crippen LogP contribution in [0.3, 0.4) is 0 Å². The molecule has 18 heavy (non-hydrogen) atoms. The number of alkyl halides is 6. The van der Waals surface area contributed by atoms with Crippen molar-refractivity contribution in [2.24, 2.45) is 0 Å². The SMILES string of the molecule is O=C(OCCC(F)C(F)F)OCCC(F)C(F)F. The molecule has 0 aromatic carbocycles. The van der Waals surface area contributed by atoms with Crippen molar-refractivity contribution in [2.75, 3.05) is 13.2 Å². The first kappa shape index (κ1) is 16.9. The van der Waals surface area contributed by atoms with Crippen LogP contribution in [0.4, 0.5) is 31.1 Å². The summed E-state index contributed by atoms with van der Waals surface area (Å²) in [6, 6.07) is 0. The molecule has 0 amide bonds. The monoisotopic (exact) mass is 282 g/mol. The second kappa shape index (κ2) is 8.87. The largest absolute Gasteiger partial charge is 0.508 e. The van der Waals surface area contributed by atoms with Gasteiger partial charge >= 0.3 is 6.16 Å². The summed E-state index contributed by atoms with van der Waals surface area (Å²) < 4.78 is 79.6. The summed E-state index contributed by atoms with van der Waals surface area (Å²) >= 11 is 0. The molecule has 0 bridgehead atoms. The Bertz CT molecular complexity index is 216. The van der Waals surface area contributed by atoms with Gasteiger partial charge in [-0.3, -0.25) is 0 Å². The number of hydrogen-bond donors (Lipinski definition) is 0. The first-order valence-electron chi connectivity index (χ1n) is 4.98. The van der Waals surface area contributed by atoms with Crippen LogP contribution in [0.5, 0.6) is 0 Å². The van der Waals surface area contributed by atoms with E-state index in [9.17, 15) is 31.1 Å². The zero-order chi connectivity index (χ0) is 14.1. The van der Waals surface area contributed by atoms with Gasteiger partial charge in [-0.05, 0) is 0 Å². The normalized spacial score (nSPS) is 14.7. The molecule has 9 heteroatoms. The third-order valence-electron chi connectivity index (χ3n) is 1.77. The molecule has 0 fully saturated rings. The summed E-state index contributed by atoms with van der Waals surface area (Å²) in [7, 11) is 0. The Balaban J connectivity index is 3.55. The van der Waals surface area contributed by atoms with E-state index >= 15 is 0 Å². The standard InChI is InChI=1S/C9H12F6O3/c10-5(7(12)13)1-3-17-9(16)18-4-2-6(11)8(14)15/h5-8H,1-4H2. The maximum absolute atomic E-state index is 12.3. The van der Waals surface area contributed by atoms with Crippen LogP contribution in [0.15, 0.2) is 0 Å². The molecule has 2 atom stereocenters. The van der Waals surface area contributed by atoms with Gasteiger partial charge < -0.3 is 9.47 Å². The molecule has 0 rings (SSSR count). The van der Waals surface area contributed by atoms with E-state index in [1.54, 1.807) is 0 Å². The lowest BCUT2D eigenvalue weighted by molar-refractivity contribution is 0.00575. The van der Waals surface area contributed by atoms with Gasteiger partial charge in [-0.25, -0.2) is 31.1 Å². The van der Waals surface area contributed by atoms with Crippen LogP contribution in [0, 0.1) is 0 Å². The first-order chi connectivity index (χ1) is 8.34. The summed E-state index contributed by atoms with van der Waals surface area (Å²) in [6.45, 7) is -1.28. The van der Waals surface area contributed by atoms with E-state index < -0.39 is 57.4 Å². The zero-order valence-electron chi connectivity index (χ0n) is 9.13. The molecule has 2 unspecified atom stereocenters. The lowest BCUT2D eigenvalue weighted by Gasteiger charge is -2.09. The van der Waals surface area contributed by atoms with E-state index in [4.69, 9.17) is 0 Å². The van der Waals surface area contributed by atoms with Crippen molar-refractivity contribution in [1.82, 2.24) is 0 Å². The maximum Gasteiger partial charge on any atom is 0.508 e.